The van der Waals surface area contributed by atoms with Crippen molar-refractivity contribution in [2.75, 3.05) is 0 Å². The Bertz CT molecular complexity index is 456. The highest BCUT2D eigenvalue weighted by Crippen LogP contribution is 2.26. The van der Waals surface area contributed by atoms with Crippen LogP contribution in [0.25, 0.3) is 0 Å². The van der Waals surface area contributed by atoms with Gasteiger partial charge in [0, 0.05) is 40.6 Å². The van der Waals surface area contributed by atoms with E-state index in [0.717, 1.165) is 18.8 Å². The number of nitrogens with one attached hydrogen (secondary N) is 1. The molecule has 0 spiro atoms. The largest absolute Gasteiger partial charge is 0.306 e. The highest BCUT2D eigenvalue weighted by molar-refractivity contribution is 9.10. The summed E-state index contributed by atoms with van der Waals surface area (Å²) in [6.07, 6.45) is 1.96. The monoisotopic (exact) mass is 299 g/mol. The van der Waals surface area contributed by atoms with Crippen molar-refractivity contribution in [3.05, 3.63) is 38.3 Å². The second kappa shape index (κ2) is 5.12. The molecule has 0 saturated heterocycles. The van der Waals surface area contributed by atoms with E-state index in [1.54, 1.807) is 0 Å². The van der Waals surface area contributed by atoms with Crippen molar-refractivity contribution in [2.45, 2.75) is 20.0 Å². The number of halogens is 1. The molecule has 0 aliphatic heterocycles. The highest BCUT2D eigenvalue weighted by Gasteiger charge is 2.02. The van der Waals surface area contributed by atoms with Crippen LogP contribution in [0.15, 0.2) is 22.8 Å². The van der Waals surface area contributed by atoms with Crippen LogP contribution in [-0.4, -0.2) is 9.78 Å². The van der Waals surface area contributed by atoms with E-state index >= 15 is 0 Å². The predicted molar refractivity (Wildman–Crippen MR) is 70.5 cm³/mol. The van der Waals surface area contributed by atoms with Gasteiger partial charge in [0.25, 0.3) is 0 Å². The Morgan fingerprint density at radius 1 is 1.50 bits per heavy atom. The molecule has 2 aromatic heterocycles. The normalized spacial score (nSPS) is 10.9. The minimum atomic E-state index is 0.815. The second-order valence-corrected chi connectivity index (χ2v) is 5.90. The van der Waals surface area contributed by atoms with Crippen molar-refractivity contribution in [1.29, 1.82) is 0 Å². The molecular weight excluding hydrogens is 286 g/mol. The lowest BCUT2D eigenvalue weighted by Crippen LogP contribution is -2.12. The summed E-state index contributed by atoms with van der Waals surface area (Å²) in [4.78, 5) is 2.68. The maximum absolute atomic E-state index is 4.31. The first-order valence-corrected chi connectivity index (χ1v) is 6.70. The predicted octanol–water partition coefficient (Wildman–Crippen LogP) is 2.84. The molecule has 0 aliphatic carbocycles. The smallest absolute Gasteiger partial charge is 0.0762 e. The maximum Gasteiger partial charge on any atom is 0.0762 e. The van der Waals surface area contributed by atoms with Crippen molar-refractivity contribution in [1.82, 2.24) is 15.1 Å². The fraction of sp³-hybridized carbons (Fsp3) is 0.364. The molecule has 0 fully saturated rings. The maximum atomic E-state index is 4.31. The summed E-state index contributed by atoms with van der Waals surface area (Å²) < 4.78 is 3.02. The molecule has 0 amide bonds. The van der Waals surface area contributed by atoms with Crippen molar-refractivity contribution in [3.8, 4) is 0 Å². The number of aryl methyl sites for hydroxylation is 2. The fourth-order valence-electron chi connectivity index (χ4n) is 1.48. The fourth-order valence-corrected chi connectivity index (χ4v) is 3.05. The Balaban J connectivity index is 1.84. The number of hydrogen-bond acceptors (Lipinski definition) is 3. The molecular formula is C11H14BrN3S. The zero-order valence-corrected chi connectivity index (χ0v) is 11.7. The summed E-state index contributed by atoms with van der Waals surface area (Å²) in [5.41, 5.74) is 1.08. The molecule has 0 aromatic carbocycles. The van der Waals surface area contributed by atoms with Gasteiger partial charge in [-0.1, -0.05) is 0 Å². The van der Waals surface area contributed by atoms with E-state index in [1.807, 2.05) is 35.3 Å². The van der Waals surface area contributed by atoms with Crippen molar-refractivity contribution >= 4 is 27.3 Å². The van der Waals surface area contributed by atoms with E-state index in [0.29, 0.717) is 0 Å². The van der Waals surface area contributed by atoms with Gasteiger partial charge in [-0.2, -0.15) is 5.10 Å². The zero-order chi connectivity index (χ0) is 11.5. The highest BCUT2D eigenvalue weighted by atomic mass is 79.9. The molecule has 86 valence electrons. The standard InChI is InChI=1S/C11H14BrN3S/c1-8-11(12)5-10(16-8)7-13-6-9-3-4-15(2)14-9/h3-5,13H,6-7H2,1-2H3. The third kappa shape index (κ3) is 2.93. The van der Waals surface area contributed by atoms with E-state index in [1.165, 1.54) is 14.2 Å². The summed E-state index contributed by atoms with van der Waals surface area (Å²) in [5, 5.41) is 7.70. The number of nitrogens with zero attached hydrogens (tertiary/aromatic N) is 2. The number of aromatic nitrogens is 2. The summed E-state index contributed by atoms with van der Waals surface area (Å²) in [6.45, 7) is 3.83. The van der Waals surface area contributed by atoms with Crippen LogP contribution in [0, 0.1) is 6.92 Å². The molecule has 3 nitrogen and oxygen atoms in total. The first-order valence-electron chi connectivity index (χ1n) is 5.09. The minimum Gasteiger partial charge on any atom is -0.306 e. The third-order valence-corrected chi connectivity index (χ3v) is 4.42. The van der Waals surface area contributed by atoms with Crippen LogP contribution in [0.2, 0.25) is 0 Å². The van der Waals surface area contributed by atoms with Gasteiger partial charge in [0.05, 0.1) is 5.69 Å². The van der Waals surface area contributed by atoms with E-state index in [2.05, 4.69) is 39.3 Å². The average Bonchev–Trinajstić information content (AvgIpc) is 2.75. The van der Waals surface area contributed by atoms with Crippen LogP contribution >= 0.6 is 27.3 Å². The van der Waals surface area contributed by atoms with E-state index in [4.69, 9.17) is 0 Å². The minimum absolute atomic E-state index is 0.815. The van der Waals surface area contributed by atoms with Crippen molar-refractivity contribution in [3.63, 3.8) is 0 Å². The van der Waals surface area contributed by atoms with E-state index < -0.39 is 0 Å². The van der Waals surface area contributed by atoms with Crippen molar-refractivity contribution in [2.24, 2.45) is 7.05 Å². The Hall–Kier alpha value is -0.650. The SMILES string of the molecule is Cc1sc(CNCc2ccn(C)n2)cc1Br. The van der Waals surface area contributed by atoms with Gasteiger partial charge in [-0.05, 0) is 35.0 Å². The van der Waals surface area contributed by atoms with Gasteiger partial charge >= 0.3 is 0 Å². The summed E-state index contributed by atoms with van der Waals surface area (Å²) in [7, 11) is 1.93. The first kappa shape index (κ1) is 11.8. The molecule has 0 saturated carbocycles. The van der Waals surface area contributed by atoms with Gasteiger partial charge in [0.15, 0.2) is 0 Å². The molecule has 0 aliphatic rings. The number of hydrogen-bond donors (Lipinski definition) is 1. The molecule has 1 N–H and O–H groups in total. The van der Waals surface area contributed by atoms with Crippen molar-refractivity contribution < 1.29 is 0 Å². The third-order valence-electron chi connectivity index (χ3n) is 2.28. The molecule has 2 heterocycles. The molecule has 0 bridgehead atoms. The Kier molecular flexibility index (Phi) is 3.78. The molecule has 0 unspecified atom stereocenters. The lowest BCUT2D eigenvalue weighted by Gasteiger charge is -1.99. The van der Waals surface area contributed by atoms with Crippen LogP contribution in [0.4, 0.5) is 0 Å². The van der Waals surface area contributed by atoms with Gasteiger partial charge in [0.2, 0.25) is 0 Å². The number of thiophene rings is 1. The molecule has 5 heteroatoms. The van der Waals surface area contributed by atoms with Gasteiger partial charge in [-0.3, -0.25) is 4.68 Å². The average molecular weight is 300 g/mol. The van der Waals surface area contributed by atoms with Crippen LogP contribution in [0.1, 0.15) is 15.4 Å². The second-order valence-electron chi connectivity index (χ2n) is 3.70. The quantitative estimate of drug-likeness (QED) is 0.941. The molecule has 0 radical (unpaired) electrons. The summed E-state index contributed by atoms with van der Waals surface area (Å²) >= 11 is 5.34. The van der Waals surface area contributed by atoms with Gasteiger partial charge in [-0.15, -0.1) is 11.3 Å². The molecule has 2 aromatic rings. The van der Waals surface area contributed by atoms with Gasteiger partial charge in [-0.25, -0.2) is 0 Å². The Labute approximate surface area is 108 Å². The van der Waals surface area contributed by atoms with E-state index in [-0.39, 0.29) is 0 Å². The molecule has 16 heavy (non-hydrogen) atoms. The number of rotatable bonds is 4. The topological polar surface area (TPSA) is 29.9 Å². The lowest BCUT2D eigenvalue weighted by atomic mass is 10.4. The Morgan fingerprint density at radius 2 is 2.31 bits per heavy atom. The summed E-state index contributed by atoms with van der Waals surface area (Å²) in [6, 6.07) is 4.20. The Morgan fingerprint density at radius 3 is 2.88 bits per heavy atom. The van der Waals surface area contributed by atoms with Crippen LogP contribution < -0.4 is 5.32 Å². The van der Waals surface area contributed by atoms with Crippen LogP contribution in [0.5, 0.6) is 0 Å². The zero-order valence-electron chi connectivity index (χ0n) is 9.33. The molecule has 0 atom stereocenters. The van der Waals surface area contributed by atoms with Gasteiger partial charge < -0.3 is 5.32 Å². The lowest BCUT2D eigenvalue weighted by molar-refractivity contribution is 0.661. The summed E-state index contributed by atoms with van der Waals surface area (Å²) in [5.74, 6) is 0. The molecule has 2 rings (SSSR count). The van der Waals surface area contributed by atoms with Crippen LogP contribution in [-0.2, 0) is 20.1 Å². The van der Waals surface area contributed by atoms with E-state index in [9.17, 15) is 0 Å². The van der Waals surface area contributed by atoms with Crippen LogP contribution in [0.3, 0.4) is 0 Å². The first-order chi connectivity index (χ1) is 7.65. The van der Waals surface area contributed by atoms with Gasteiger partial charge in [0.1, 0.15) is 0 Å².